The van der Waals surface area contributed by atoms with Gasteiger partial charge in [0.15, 0.2) is 0 Å². The molecule has 4 rings (SSSR count). The van der Waals surface area contributed by atoms with Crippen molar-refractivity contribution < 1.29 is 4.42 Å². The predicted octanol–water partition coefficient (Wildman–Crippen LogP) is 0.181. The molecular formula is C20H8B10N2O. The summed E-state index contributed by atoms with van der Waals surface area (Å²) < 4.78 is 6.04. The van der Waals surface area contributed by atoms with Crippen LogP contribution in [0.4, 0.5) is 0 Å². The van der Waals surface area contributed by atoms with Gasteiger partial charge in [-0.15, -0.1) is 10.2 Å². The smallest absolute Gasteiger partial charge is 0.227 e. The Morgan fingerprint density at radius 2 is 1.39 bits per heavy atom. The second-order valence-electron chi connectivity index (χ2n) is 8.37. The number of hydrogen-bond donors (Lipinski definition) is 0. The zero-order chi connectivity index (χ0) is 24.4. The van der Waals surface area contributed by atoms with E-state index < -0.39 is 20.7 Å². The maximum Gasteiger partial charge on any atom is 0.227 e. The summed E-state index contributed by atoms with van der Waals surface area (Å²) in [5.41, 5.74) is 2.41. The quantitative estimate of drug-likeness (QED) is 0.449. The molecule has 0 saturated heterocycles. The molecule has 3 heterocycles. The van der Waals surface area contributed by atoms with E-state index in [-0.39, 0.29) is 11.3 Å². The van der Waals surface area contributed by atoms with Crippen molar-refractivity contribution in [3.63, 3.8) is 0 Å². The summed E-state index contributed by atoms with van der Waals surface area (Å²) in [4.78, 5) is 8.78. The molecule has 0 unspecified atom stereocenters. The van der Waals surface area contributed by atoms with Gasteiger partial charge in [0, 0.05) is 28.2 Å². The number of fused-ring (bicyclic) bond motifs is 3. The number of furan rings is 1. The van der Waals surface area contributed by atoms with Gasteiger partial charge < -0.3 is 4.42 Å². The predicted molar refractivity (Wildman–Crippen MR) is 141 cm³/mol. The first-order chi connectivity index (χ1) is 15.1. The van der Waals surface area contributed by atoms with Gasteiger partial charge in [-0.05, 0) is 35.9 Å². The van der Waals surface area contributed by atoms with Gasteiger partial charge in [-0.25, -0.2) is 4.98 Å². The number of rotatable bonds is 5. The van der Waals surface area contributed by atoms with E-state index in [1.165, 1.54) is 12.3 Å². The van der Waals surface area contributed by atoms with Crippen LogP contribution in [0.3, 0.4) is 0 Å². The summed E-state index contributed by atoms with van der Waals surface area (Å²) in [7, 11) is 59.2. The molecule has 33 heavy (non-hydrogen) atoms. The molecule has 0 aliphatic rings. The van der Waals surface area contributed by atoms with Crippen molar-refractivity contribution in [2.45, 2.75) is 20.7 Å². The molecule has 20 radical (unpaired) electrons. The number of hydrogen-bond acceptors (Lipinski definition) is 3. The molecule has 3 aromatic heterocycles. The van der Waals surface area contributed by atoms with E-state index in [2.05, 4.69) is 9.97 Å². The molecule has 0 amide bonds. The minimum absolute atomic E-state index is 0.263. The maximum absolute atomic E-state index is 6.40. The second-order valence-corrected chi connectivity index (χ2v) is 8.37. The van der Waals surface area contributed by atoms with Crippen LogP contribution < -0.4 is 0 Å². The van der Waals surface area contributed by atoms with E-state index in [1.54, 1.807) is 24.3 Å². The van der Waals surface area contributed by atoms with Gasteiger partial charge in [-0.1, -0.05) is 22.6 Å². The highest BCUT2D eigenvalue weighted by atomic mass is 16.3. The van der Waals surface area contributed by atoms with Crippen molar-refractivity contribution in [1.29, 1.82) is 0 Å². The van der Waals surface area contributed by atoms with Crippen LogP contribution in [-0.4, -0.2) is 88.4 Å². The Morgan fingerprint density at radius 3 is 2.00 bits per heavy atom. The molecule has 3 nitrogen and oxygen atoms in total. The van der Waals surface area contributed by atoms with Crippen molar-refractivity contribution in [3.8, 4) is 11.3 Å². The summed E-state index contributed by atoms with van der Waals surface area (Å²) in [5.74, 6) is 0. The summed E-state index contributed by atoms with van der Waals surface area (Å²) >= 11 is 0. The first-order valence-electron chi connectivity index (χ1n) is 9.83. The molecule has 134 valence electrons. The number of aromatic nitrogens is 2. The molecule has 13 heteroatoms. The Labute approximate surface area is 206 Å². The number of benzene rings is 1. The van der Waals surface area contributed by atoms with Crippen LogP contribution in [0.15, 0.2) is 53.1 Å². The minimum Gasteiger partial charge on any atom is -0.437 e. The van der Waals surface area contributed by atoms with Gasteiger partial charge in [0.1, 0.15) is 5.58 Å². The van der Waals surface area contributed by atoms with Crippen molar-refractivity contribution in [2.24, 2.45) is 0 Å². The molecule has 0 bridgehead atoms. The first-order valence-corrected chi connectivity index (χ1v) is 9.83. The molecule has 0 spiro atoms. The van der Waals surface area contributed by atoms with Crippen LogP contribution in [0.5, 0.6) is 0 Å². The zero-order valence-corrected chi connectivity index (χ0v) is 17.7. The number of nitrogens with zero attached hydrogens (tertiary/aromatic N) is 2. The average Bonchev–Trinajstić information content (AvgIpc) is 3.09. The Bertz CT molecular complexity index is 1340. The number of para-hydroxylation sites is 1. The normalized spacial score (nSPS) is 13.5. The molecular weight excluding hydrogens is 392 g/mol. The van der Waals surface area contributed by atoms with Crippen molar-refractivity contribution in [3.05, 3.63) is 59.9 Å². The molecule has 0 N–H and O–H groups in total. The van der Waals surface area contributed by atoms with Crippen LogP contribution in [0.1, 0.15) is 11.3 Å². The van der Waals surface area contributed by atoms with Gasteiger partial charge in [0.25, 0.3) is 0 Å². The van der Waals surface area contributed by atoms with Crippen LogP contribution in [0.25, 0.3) is 33.3 Å². The fourth-order valence-corrected chi connectivity index (χ4v) is 3.82. The lowest BCUT2D eigenvalue weighted by Crippen LogP contribution is -2.53. The molecule has 0 aliphatic heterocycles. The van der Waals surface area contributed by atoms with Gasteiger partial charge in [-0.2, -0.15) is 0 Å². The van der Waals surface area contributed by atoms with Gasteiger partial charge in [0.2, 0.25) is 5.71 Å². The SMILES string of the molecule is [B]C([B])([B])c1ccc2c(n1)oc1c(-c3cc(C([B])(C([B])([B])[B])C([B])([B])[B])ccn3)cccc12. The van der Waals surface area contributed by atoms with Gasteiger partial charge in [0.05, 0.1) is 84.2 Å². The first kappa shape index (κ1) is 24.1. The van der Waals surface area contributed by atoms with E-state index in [0.717, 1.165) is 10.8 Å². The van der Waals surface area contributed by atoms with E-state index in [4.69, 9.17) is 82.9 Å². The Hall–Kier alpha value is -2.03. The third-order valence-electron chi connectivity index (χ3n) is 5.67. The van der Waals surface area contributed by atoms with Crippen molar-refractivity contribution >= 4 is 101 Å². The highest BCUT2D eigenvalue weighted by Gasteiger charge is 2.44. The van der Waals surface area contributed by atoms with Crippen molar-refractivity contribution in [1.82, 2.24) is 9.97 Å². The van der Waals surface area contributed by atoms with E-state index in [0.29, 0.717) is 22.6 Å². The molecule has 4 aromatic rings. The van der Waals surface area contributed by atoms with Crippen LogP contribution in [0.2, 0.25) is 10.2 Å². The summed E-state index contributed by atoms with van der Waals surface area (Å²) in [5, 5.41) is -6.15. The average molecular weight is 400 g/mol. The topological polar surface area (TPSA) is 38.9 Å². The highest BCUT2D eigenvalue weighted by molar-refractivity contribution is 6.69. The third kappa shape index (κ3) is 3.96. The standard InChI is InChI=1S/C20H8B10N2O/c21-17(19(25,26)27,20(28,29)30)9-6-7-31-13(8-9)12-3-1-2-10-11-4-5-14(18(22,23)24)32-16(11)33-15(10)12/h1-8H. The highest BCUT2D eigenvalue weighted by Crippen LogP contribution is 2.50. The Kier molecular flexibility index (Phi) is 5.66. The van der Waals surface area contributed by atoms with E-state index in [9.17, 15) is 0 Å². The van der Waals surface area contributed by atoms with E-state index in [1.807, 2.05) is 12.1 Å². The van der Waals surface area contributed by atoms with Crippen LogP contribution in [0, 0.1) is 0 Å². The lowest BCUT2D eigenvalue weighted by molar-refractivity contribution is 0.616. The van der Waals surface area contributed by atoms with Gasteiger partial charge >= 0.3 is 0 Å². The second kappa shape index (κ2) is 7.75. The largest absolute Gasteiger partial charge is 0.437 e. The summed E-state index contributed by atoms with van der Waals surface area (Å²) in [6.07, 6.45) is 1.48. The number of pyridine rings is 2. The maximum atomic E-state index is 6.40. The molecule has 0 atom stereocenters. The fraction of sp³-hybridized carbons (Fsp3) is 0.200. The lowest BCUT2D eigenvalue weighted by Gasteiger charge is -2.55. The molecule has 1 aromatic carbocycles. The molecule has 0 saturated carbocycles. The Balaban J connectivity index is 1.93. The summed E-state index contributed by atoms with van der Waals surface area (Å²) in [6, 6.07) is 12.0. The monoisotopic (exact) mass is 402 g/mol. The Morgan fingerprint density at radius 1 is 0.727 bits per heavy atom. The minimum atomic E-state index is -2.06. The summed E-state index contributed by atoms with van der Waals surface area (Å²) in [6.45, 7) is 0. The van der Waals surface area contributed by atoms with Crippen LogP contribution in [-0.2, 0) is 10.4 Å². The molecule has 0 fully saturated rings. The van der Waals surface area contributed by atoms with E-state index >= 15 is 0 Å². The van der Waals surface area contributed by atoms with Crippen molar-refractivity contribution in [2.75, 3.05) is 0 Å². The van der Waals surface area contributed by atoms with Gasteiger partial charge in [-0.3, -0.25) is 4.98 Å². The zero-order valence-electron chi connectivity index (χ0n) is 17.7. The third-order valence-corrected chi connectivity index (χ3v) is 5.67. The molecule has 0 aliphatic carbocycles. The fourth-order valence-electron chi connectivity index (χ4n) is 3.82. The lowest BCUT2D eigenvalue weighted by atomic mass is 9.14. The van der Waals surface area contributed by atoms with Crippen LogP contribution >= 0.6 is 0 Å².